The van der Waals surface area contributed by atoms with Crippen molar-refractivity contribution < 1.29 is 4.42 Å². The van der Waals surface area contributed by atoms with Gasteiger partial charge in [0.1, 0.15) is 0 Å². The summed E-state index contributed by atoms with van der Waals surface area (Å²) < 4.78 is 5.80. The van der Waals surface area contributed by atoms with Gasteiger partial charge in [0.15, 0.2) is 0 Å². The van der Waals surface area contributed by atoms with E-state index in [2.05, 4.69) is 10.2 Å². The fourth-order valence-corrected chi connectivity index (χ4v) is 1.22. The first-order chi connectivity index (χ1) is 5.86. The van der Waals surface area contributed by atoms with E-state index in [1.165, 1.54) is 0 Å². The Kier molecular flexibility index (Phi) is 2.07. The summed E-state index contributed by atoms with van der Waals surface area (Å²) in [5.74, 6) is 0.569. The molecule has 0 unspecified atom stereocenters. The third-order valence-electron chi connectivity index (χ3n) is 1.42. The highest BCUT2D eigenvalue weighted by Crippen LogP contribution is 2.17. The summed E-state index contributed by atoms with van der Waals surface area (Å²) in [6.45, 7) is 0. The fraction of sp³-hybridized carbons (Fsp3) is 0. The van der Waals surface area contributed by atoms with Crippen molar-refractivity contribution in [1.29, 1.82) is 0 Å². The van der Waals surface area contributed by atoms with E-state index < -0.39 is 0 Å². The molecule has 3 nitrogen and oxygen atoms in total. The van der Waals surface area contributed by atoms with Gasteiger partial charge in [0.05, 0.1) is 0 Å². The second-order valence-corrected chi connectivity index (χ2v) is 3.15. The molecular weight excluding hydrogens is 267 g/mol. The Bertz CT molecular complexity index is 372. The van der Waals surface area contributed by atoms with E-state index in [9.17, 15) is 0 Å². The maximum Gasteiger partial charge on any atom is 0.278 e. The first kappa shape index (κ1) is 7.72. The minimum atomic E-state index is 0.562. The Labute approximate surface area is 83.0 Å². The Hall–Kier alpha value is -0.910. The molecule has 1 aromatic carbocycles. The fourth-order valence-electron chi connectivity index (χ4n) is 0.903. The minimum absolute atomic E-state index is 0.562. The number of benzene rings is 1. The lowest BCUT2D eigenvalue weighted by atomic mass is 10.2. The van der Waals surface area contributed by atoms with Gasteiger partial charge in [0.2, 0.25) is 5.89 Å². The van der Waals surface area contributed by atoms with E-state index in [0.29, 0.717) is 9.79 Å². The van der Waals surface area contributed by atoms with Crippen LogP contribution in [0.1, 0.15) is 0 Å². The van der Waals surface area contributed by atoms with Gasteiger partial charge < -0.3 is 4.42 Å². The number of aromatic nitrogens is 2. The summed E-state index contributed by atoms with van der Waals surface area (Å²) in [5, 5.41) is 7.62. The smallest absolute Gasteiger partial charge is 0.278 e. The molecule has 0 aliphatic rings. The Morgan fingerprint density at radius 2 is 1.83 bits per heavy atom. The Morgan fingerprint density at radius 3 is 2.42 bits per heavy atom. The van der Waals surface area contributed by atoms with Gasteiger partial charge in [0, 0.05) is 28.2 Å². The number of nitrogens with zero attached hydrogens (tertiary/aromatic N) is 2. The van der Waals surface area contributed by atoms with Crippen LogP contribution in [0.3, 0.4) is 0 Å². The van der Waals surface area contributed by atoms with Crippen LogP contribution in [0.2, 0.25) is 0 Å². The van der Waals surface area contributed by atoms with Gasteiger partial charge in [-0.2, -0.15) is 0 Å². The Balaban J connectivity index is 2.45. The maximum atomic E-state index is 5.23. The molecule has 0 saturated carbocycles. The van der Waals surface area contributed by atoms with Crippen molar-refractivity contribution in [1.82, 2.24) is 10.2 Å². The molecule has 0 amide bonds. The van der Waals surface area contributed by atoms with Gasteiger partial charge in [0.25, 0.3) is 3.90 Å². The van der Waals surface area contributed by atoms with Gasteiger partial charge in [-0.25, -0.2) is 0 Å². The molecular formula is C8H5IN2O. The summed E-state index contributed by atoms with van der Waals surface area (Å²) in [4.78, 5) is 0. The van der Waals surface area contributed by atoms with Crippen LogP contribution in [0.25, 0.3) is 11.5 Å². The molecule has 4 heteroatoms. The van der Waals surface area contributed by atoms with Crippen LogP contribution in [0, 0.1) is 3.90 Å². The van der Waals surface area contributed by atoms with Crippen molar-refractivity contribution in [2.75, 3.05) is 0 Å². The average Bonchev–Trinajstić information content (AvgIpc) is 2.54. The molecule has 0 saturated heterocycles. The van der Waals surface area contributed by atoms with Crippen LogP contribution in [0.5, 0.6) is 0 Å². The predicted molar refractivity (Wildman–Crippen MR) is 52.5 cm³/mol. The molecule has 0 bridgehead atoms. The molecule has 12 heavy (non-hydrogen) atoms. The van der Waals surface area contributed by atoms with E-state index in [1.54, 1.807) is 0 Å². The topological polar surface area (TPSA) is 38.9 Å². The molecule has 1 aromatic heterocycles. The molecule has 0 N–H and O–H groups in total. The second-order valence-electron chi connectivity index (χ2n) is 2.23. The SMILES string of the molecule is Ic1nnc(-c2ccccc2)o1. The summed E-state index contributed by atoms with van der Waals surface area (Å²) in [7, 11) is 0. The molecule has 0 atom stereocenters. The molecule has 0 aliphatic carbocycles. The molecule has 2 rings (SSSR count). The van der Waals surface area contributed by atoms with E-state index in [1.807, 2.05) is 52.9 Å². The molecule has 0 fully saturated rings. The van der Waals surface area contributed by atoms with Crippen LogP contribution in [0.15, 0.2) is 34.7 Å². The zero-order valence-electron chi connectivity index (χ0n) is 6.07. The van der Waals surface area contributed by atoms with Crippen LogP contribution in [-0.4, -0.2) is 10.2 Å². The van der Waals surface area contributed by atoms with Crippen molar-refractivity contribution >= 4 is 22.6 Å². The molecule has 60 valence electrons. The molecule has 0 spiro atoms. The van der Waals surface area contributed by atoms with Crippen molar-refractivity contribution in [2.24, 2.45) is 0 Å². The summed E-state index contributed by atoms with van der Waals surface area (Å²) in [6.07, 6.45) is 0. The van der Waals surface area contributed by atoms with E-state index in [0.717, 1.165) is 5.56 Å². The minimum Gasteiger partial charge on any atom is -0.412 e. The zero-order chi connectivity index (χ0) is 8.39. The van der Waals surface area contributed by atoms with E-state index >= 15 is 0 Å². The lowest BCUT2D eigenvalue weighted by molar-refractivity contribution is 0.537. The predicted octanol–water partition coefficient (Wildman–Crippen LogP) is 2.34. The number of rotatable bonds is 1. The van der Waals surface area contributed by atoms with Crippen LogP contribution >= 0.6 is 22.6 Å². The summed E-state index contributed by atoms with van der Waals surface area (Å²) >= 11 is 1.99. The monoisotopic (exact) mass is 272 g/mol. The third kappa shape index (κ3) is 1.47. The Morgan fingerprint density at radius 1 is 1.08 bits per heavy atom. The number of halogens is 1. The van der Waals surface area contributed by atoms with Gasteiger partial charge >= 0.3 is 0 Å². The maximum absolute atomic E-state index is 5.23. The molecule has 0 aliphatic heterocycles. The highest BCUT2D eigenvalue weighted by atomic mass is 127. The first-order valence-electron chi connectivity index (χ1n) is 3.41. The van der Waals surface area contributed by atoms with Crippen molar-refractivity contribution in [3.05, 3.63) is 34.2 Å². The quantitative estimate of drug-likeness (QED) is 0.748. The van der Waals surface area contributed by atoms with Gasteiger partial charge in [-0.15, -0.1) is 10.2 Å². The summed E-state index contributed by atoms with van der Waals surface area (Å²) in [6, 6.07) is 9.69. The third-order valence-corrected chi connectivity index (χ3v) is 1.86. The second kappa shape index (κ2) is 3.22. The standard InChI is InChI=1S/C8H5IN2O/c9-8-11-10-7(12-8)6-4-2-1-3-5-6/h1-5H. The lowest BCUT2D eigenvalue weighted by Gasteiger charge is -1.90. The van der Waals surface area contributed by atoms with E-state index in [-0.39, 0.29) is 0 Å². The van der Waals surface area contributed by atoms with Crippen LogP contribution < -0.4 is 0 Å². The van der Waals surface area contributed by atoms with Crippen molar-refractivity contribution in [3.8, 4) is 11.5 Å². The van der Waals surface area contributed by atoms with Gasteiger partial charge in [-0.05, 0) is 12.1 Å². The molecule has 0 radical (unpaired) electrons. The molecule has 1 heterocycles. The summed E-state index contributed by atoms with van der Waals surface area (Å²) in [5.41, 5.74) is 0.952. The van der Waals surface area contributed by atoms with E-state index in [4.69, 9.17) is 4.42 Å². The highest BCUT2D eigenvalue weighted by molar-refractivity contribution is 14.1. The number of hydrogen-bond donors (Lipinski definition) is 0. The van der Waals surface area contributed by atoms with Crippen LogP contribution in [0.4, 0.5) is 0 Å². The van der Waals surface area contributed by atoms with Gasteiger partial charge in [-0.1, -0.05) is 18.2 Å². The van der Waals surface area contributed by atoms with Crippen molar-refractivity contribution in [2.45, 2.75) is 0 Å². The zero-order valence-corrected chi connectivity index (χ0v) is 8.22. The van der Waals surface area contributed by atoms with Gasteiger partial charge in [-0.3, -0.25) is 0 Å². The largest absolute Gasteiger partial charge is 0.412 e. The normalized spacial score (nSPS) is 10.1. The number of hydrogen-bond acceptors (Lipinski definition) is 3. The lowest BCUT2D eigenvalue weighted by Crippen LogP contribution is -1.75. The average molecular weight is 272 g/mol. The highest BCUT2D eigenvalue weighted by Gasteiger charge is 2.03. The first-order valence-corrected chi connectivity index (χ1v) is 4.48. The van der Waals surface area contributed by atoms with Crippen molar-refractivity contribution in [3.63, 3.8) is 0 Å². The molecule has 2 aromatic rings. The van der Waals surface area contributed by atoms with Crippen LogP contribution in [-0.2, 0) is 0 Å².